The fraction of sp³-hybridized carbons (Fsp3) is 0.143. The molecule has 0 aromatic carbocycles. The lowest BCUT2D eigenvalue weighted by atomic mass is 10.5. The van der Waals surface area contributed by atoms with Crippen LogP contribution in [-0.2, 0) is 0 Å². The molecule has 2 aromatic heterocycles. The van der Waals surface area contributed by atoms with Gasteiger partial charge in [-0.1, -0.05) is 23.4 Å². The van der Waals surface area contributed by atoms with Crippen molar-refractivity contribution in [1.29, 1.82) is 0 Å². The van der Waals surface area contributed by atoms with E-state index in [9.17, 15) is 4.39 Å². The number of fused-ring (bicyclic) bond motifs is 1. The summed E-state index contributed by atoms with van der Waals surface area (Å²) in [6.07, 6.45) is 3.42. The molecule has 13 heavy (non-hydrogen) atoms. The molecular formula is C7H5ClFN3S. The number of halogens is 2. The second kappa shape index (κ2) is 3.16. The lowest BCUT2D eigenvalue weighted by Crippen LogP contribution is -1.96. The third-order valence-corrected chi connectivity index (χ3v) is 2.54. The van der Waals surface area contributed by atoms with E-state index >= 15 is 0 Å². The Morgan fingerprint density at radius 1 is 1.54 bits per heavy atom. The molecule has 2 rings (SSSR count). The monoisotopic (exact) mass is 217 g/mol. The van der Waals surface area contributed by atoms with Gasteiger partial charge >= 0.3 is 0 Å². The van der Waals surface area contributed by atoms with Crippen molar-refractivity contribution in [2.24, 2.45) is 0 Å². The lowest BCUT2D eigenvalue weighted by molar-refractivity contribution is 0.637. The highest BCUT2D eigenvalue weighted by Crippen LogP contribution is 2.22. The molecule has 0 fully saturated rings. The molecule has 2 heterocycles. The van der Waals surface area contributed by atoms with E-state index in [1.165, 1.54) is 17.8 Å². The summed E-state index contributed by atoms with van der Waals surface area (Å²) in [6.45, 7) is 0. The Labute approximate surface area is 82.9 Å². The third-order valence-electron chi connectivity index (χ3n) is 1.64. The predicted molar refractivity (Wildman–Crippen MR) is 49.7 cm³/mol. The van der Waals surface area contributed by atoms with Gasteiger partial charge in [-0.2, -0.15) is 0 Å². The topological polar surface area (TPSA) is 30.2 Å². The van der Waals surface area contributed by atoms with E-state index in [2.05, 4.69) is 10.2 Å². The molecule has 0 atom stereocenters. The van der Waals surface area contributed by atoms with Crippen molar-refractivity contribution < 1.29 is 4.39 Å². The van der Waals surface area contributed by atoms with Crippen LogP contribution >= 0.6 is 23.4 Å². The van der Waals surface area contributed by atoms with Gasteiger partial charge in [-0.05, 0) is 12.3 Å². The SMILES string of the molecule is CSc1nnc(Cl)c2c(F)ccn12. The Hall–Kier alpha value is -0.810. The third kappa shape index (κ3) is 1.28. The summed E-state index contributed by atoms with van der Waals surface area (Å²) in [4.78, 5) is 0. The molecule has 0 saturated heterocycles. The summed E-state index contributed by atoms with van der Waals surface area (Å²) < 4.78 is 14.7. The fourth-order valence-corrected chi connectivity index (χ4v) is 1.78. The van der Waals surface area contributed by atoms with Crippen molar-refractivity contribution in [3.05, 3.63) is 23.2 Å². The van der Waals surface area contributed by atoms with Crippen LogP contribution in [0, 0.1) is 5.82 Å². The molecule has 0 aliphatic heterocycles. The minimum atomic E-state index is -0.379. The Kier molecular flexibility index (Phi) is 2.13. The Bertz CT molecular complexity index is 456. The van der Waals surface area contributed by atoms with Gasteiger partial charge in [0.1, 0.15) is 5.52 Å². The van der Waals surface area contributed by atoms with E-state index in [0.29, 0.717) is 5.16 Å². The van der Waals surface area contributed by atoms with Crippen LogP contribution in [0.5, 0.6) is 0 Å². The first-order valence-corrected chi connectivity index (χ1v) is 5.07. The zero-order valence-electron chi connectivity index (χ0n) is 6.66. The molecule has 0 unspecified atom stereocenters. The van der Waals surface area contributed by atoms with Crippen LogP contribution < -0.4 is 0 Å². The summed E-state index contributed by atoms with van der Waals surface area (Å²) >= 11 is 7.07. The summed E-state index contributed by atoms with van der Waals surface area (Å²) in [5.41, 5.74) is 0.279. The van der Waals surface area contributed by atoms with Crippen molar-refractivity contribution in [1.82, 2.24) is 14.6 Å². The lowest BCUT2D eigenvalue weighted by Gasteiger charge is -2.00. The molecule has 0 aliphatic carbocycles. The number of nitrogens with zero attached hydrogens (tertiary/aromatic N) is 3. The number of rotatable bonds is 1. The van der Waals surface area contributed by atoms with Crippen molar-refractivity contribution in [2.45, 2.75) is 5.16 Å². The zero-order valence-corrected chi connectivity index (χ0v) is 8.23. The highest BCUT2D eigenvalue weighted by atomic mass is 35.5. The highest BCUT2D eigenvalue weighted by Gasteiger charge is 2.10. The van der Waals surface area contributed by atoms with E-state index < -0.39 is 0 Å². The van der Waals surface area contributed by atoms with Crippen molar-refractivity contribution in [3.8, 4) is 0 Å². The van der Waals surface area contributed by atoms with Crippen LogP contribution in [0.4, 0.5) is 4.39 Å². The quantitative estimate of drug-likeness (QED) is 0.687. The molecule has 0 amide bonds. The molecule has 0 spiro atoms. The molecule has 68 valence electrons. The smallest absolute Gasteiger partial charge is 0.194 e. The standard InChI is InChI=1S/C7H5ClFN3S/c1-13-7-11-10-6(8)5-4(9)2-3-12(5)7/h2-3H,1H3. The van der Waals surface area contributed by atoms with E-state index in [0.717, 1.165) is 0 Å². The molecule has 3 nitrogen and oxygen atoms in total. The Morgan fingerprint density at radius 2 is 2.31 bits per heavy atom. The Balaban J connectivity index is 2.87. The average molecular weight is 218 g/mol. The van der Waals surface area contributed by atoms with Gasteiger partial charge in [0.15, 0.2) is 16.1 Å². The molecule has 0 aliphatic rings. The van der Waals surface area contributed by atoms with Crippen molar-refractivity contribution >= 4 is 28.9 Å². The van der Waals surface area contributed by atoms with Gasteiger partial charge < -0.3 is 0 Å². The van der Waals surface area contributed by atoms with Crippen LogP contribution in [0.1, 0.15) is 0 Å². The number of aromatic nitrogens is 3. The van der Waals surface area contributed by atoms with E-state index in [-0.39, 0.29) is 16.5 Å². The van der Waals surface area contributed by atoms with Gasteiger partial charge in [0, 0.05) is 6.20 Å². The maximum absolute atomic E-state index is 13.1. The second-order valence-electron chi connectivity index (χ2n) is 2.36. The summed E-state index contributed by atoms with van der Waals surface area (Å²) in [5.74, 6) is -0.379. The summed E-state index contributed by atoms with van der Waals surface area (Å²) in [6, 6.07) is 1.34. The molecule has 0 radical (unpaired) electrons. The van der Waals surface area contributed by atoms with Crippen LogP contribution in [0.25, 0.3) is 5.52 Å². The van der Waals surface area contributed by atoms with Gasteiger partial charge in [-0.3, -0.25) is 4.40 Å². The number of thioether (sulfide) groups is 1. The van der Waals surface area contributed by atoms with E-state index in [4.69, 9.17) is 11.6 Å². The molecule has 0 saturated carbocycles. The maximum atomic E-state index is 13.1. The van der Waals surface area contributed by atoms with Crippen LogP contribution in [0.2, 0.25) is 5.15 Å². The Morgan fingerprint density at radius 3 is 3.00 bits per heavy atom. The molecule has 0 bridgehead atoms. The molecular weight excluding hydrogens is 213 g/mol. The van der Waals surface area contributed by atoms with Gasteiger partial charge in [-0.25, -0.2) is 4.39 Å². The van der Waals surface area contributed by atoms with Crippen molar-refractivity contribution in [3.63, 3.8) is 0 Å². The highest BCUT2D eigenvalue weighted by molar-refractivity contribution is 7.98. The largest absolute Gasteiger partial charge is 0.289 e. The molecule has 2 aromatic rings. The normalized spacial score (nSPS) is 11.0. The van der Waals surface area contributed by atoms with Gasteiger partial charge in [-0.15, -0.1) is 10.2 Å². The first-order chi connectivity index (χ1) is 6.24. The summed E-state index contributed by atoms with van der Waals surface area (Å²) in [5, 5.41) is 8.16. The van der Waals surface area contributed by atoms with Crippen LogP contribution in [0.3, 0.4) is 0 Å². The maximum Gasteiger partial charge on any atom is 0.194 e. The van der Waals surface area contributed by atoms with Gasteiger partial charge in [0.25, 0.3) is 0 Å². The van der Waals surface area contributed by atoms with Gasteiger partial charge in [0.2, 0.25) is 0 Å². The fourth-order valence-electron chi connectivity index (χ4n) is 1.09. The molecule has 0 N–H and O–H groups in total. The number of hydrogen-bond donors (Lipinski definition) is 0. The second-order valence-corrected chi connectivity index (χ2v) is 3.49. The van der Waals surface area contributed by atoms with E-state index in [1.807, 2.05) is 6.26 Å². The zero-order chi connectivity index (χ0) is 9.42. The minimum absolute atomic E-state index is 0.0836. The van der Waals surface area contributed by atoms with E-state index in [1.54, 1.807) is 10.6 Å². The summed E-state index contributed by atoms with van der Waals surface area (Å²) in [7, 11) is 0. The minimum Gasteiger partial charge on any atom is -0.289 e. The first-order valence-electron chi connectivity index (χ1n) is 3.46. The van der Waals surface area contributed by atoms with Crippen LogP contribution in [0.15, 0.2) is 17.4 Å². The number of hydrogen-bond acceptors (Lipinski definition) is 3. The average Bonchev–Trinajstić information content (AvgIpc) is 2.50. The van der Waals surface area contributed by atoms with Gasteiger partial charge in [0.05, 0.1) is 0 Å². The predicted octanol–water partition coefficient (Wildman–Crippen LogP) is 2.24. The molecule has 6 heteroatoms. The van der Waals surface area contributed by atoms with Crippen molar-refractivity contribution in [2.75, 3.05) is 6.26 Å². The first kappa shape index (κ1) is 8.77. The van der Waals surface area contributed by atoms with Crippen LogP contribution in [-0.4, -0.2) is 20.9 Å².